The molecule has 0 N–H and O–H groups in total. The van der Waals surface area contributed by atoms with E-state index in [1.807, 2.05) is 0 Å². The number of rotatable bonds is 2. The smallest absolute Gasteiger partial charge is 0.226 e. The number of hydrogen-bond acceptors (Lipinski definition) is 3. The van der Waals surface area contributed by atoms with Gasteiger partial charge in [-0.1, -0.05) is 37.3 Å². The Kier molecular flexibility index (Phi) is 2.72. The minimum atomic E-state index is 0.688. The van der Waals surface area contributed by atoms with Crippen LogP contribution in [0.1, 0.15) is 24.6 Å². The molecule has 2 aliphatic rings. The molecule has 20 heavy (non-hydrogen) atoms. The topological polar surface area (TPSA) is 29.0 Å². The van der Waals surface area contributed by atoms with Crippen LogP contribution >= 0.6 is 0 Å². The third-order valence-electron chi connectivity index (χ3n) is 4.36. The van der Waals surface area contributed by atoms with E-state index in [0.717, 1.165) is 37.6 Å². The molecule has 0 bridgehead atoms. The molecule has 1 unspecified atom stereocenters. The molecular formula is C17H19N3. The summed E-state index contributed by atoms with van der Waals surface area (Å²) in [5.41, 5.74) is 5.02. The average molecular weight is 265 g/mol. The van der Waals surface area contributed by atoms with E-state index in [0.29, 0.717) is 5.92 Å². The predicted octanol–water partition coefficient (Wildman–Crippen LogP) is 3.09. The molecule has 102 valence electrons. The zero-order valence-corrected chi connectivity index (χ0v) is 11.8. The van der Waals surface area contributed by atoms with Gasteiger partial charge in [-0.25, -0.2) is 9.97 Å². The summed E-state index contributed by atoms with van der Waals surface area (Å²) in [6.07, 6.45) is 3.47. The van der Waals surface area contributed by atoms with Crippen LogP contribution in [0.4, 0.5) is 5.95 Å². The summed E-state index contributed by atoms with van der Waals surface area (Å²) in [6, 6.07) is 10.6. The molecule has 0 saturated carbocycles. The number of anilines is 1. The third-order valence-corrected chi connectivity index (χ3v) is 4.36. The Labute approximate surface area is 119 Å². The van der Waals surface area contributed by atoms with Gasteiger partial charge in [0.25, 0.3) is 0 Å². The summed E-state index contributed by atoms with van der Waals surface area (Å²) in [4.78, 5) is 12.0. The van der Waals surface area contributed by atoms with Gasteiger partial charge < -0.3 is 4.90 Å². The van der Waals surface area contributed by atoms with Crippen LogP contribution in [0.2, 0.25) is 0 Å². The zero-order valence-electron chi connectivity index (χ0n) is 11.8. The molecule has 3 nitrogen and oxygen atoms in total. The van der Waals surface area contributed by atoms with Gasteiger partial charge in [0.2, 0.25) is 5.95 Å². The lowest BCUT2D eigenvalue weighted by Crippen LogP contribution is -2.38. The van der Waals surface area contributed by atoms with Crippen molar-refractivity contribution in [2.45, 2.75) is 26.2 Å². The molecule has 1 aromatic carbocycles. The van der Waals surface area contributed by atoms with Crippen molar-refractivity contribution in [3.05, 3.63) is 41.6 Å². The molecule has 2 heterocycles. The van der Waals surface area contributed by atoms with Crippen molar-refractivity contribution in [1.29, 1.82) is 0 Å². The minimum Gasteiger partial charge on any atom is -0.341 e. The number of benzene rings is 1. The standard InChI is InChI=1S/C17H19N3/c1-12-10-14-15(11-12)18-17(20-8-5-9-20)19-16(14)13-6-3-2-4-7-13/h2-4,6-7,12H,5,8-11H2,1H3. The van der Waals surface area contributed by atoms with Gasteiger partial charge in [0.15, 0.2) is 0 Å². The van der Waals surface area contributed by atoms with E-state index < -0.39 is 0 Å². The highest BCUT2D eigenvalue weighted by Gasteiger charge is 2.27. The van der Waals surface area contributed by atoms with E-state index in [9.17, 15) is 0 Å². The first-order valence-electron chi connectivity index (χ1n) is 7.51. The highest BCUT2D eigenvalue weighted by Crippen LogP contribution is 2.34. The molecule has 1 aromatic heterocycles. The second-order valence-corrected chi connectivity index (χ2v) is 6.02. The molecule has 0 radical (unpaired) electrons. The number of hydrogen-bond donors (Lipinski definition) is 0. The summed E-state index contributed by atoms with van der Waals surface area (Å²) in [5, 5.41) is 0. The monoisotopic (exact) mass is 265 g/mol. The minimum absolute atomic E-state index is 0.688. The van der Waals surface area contributed by atoms with Crippen molar-refractivity contribution in [3.8, 4) is 11.3 Å². The molecule has 0 spiro atoms. The van der Waals surface area contributed by atoms with Crippen LogP contribution in [0.15, 0.2) is 30.3 Å². The lowest BCUT2D eigenvalue weighted by molar-refractivity contribution is 0.597. The predicted molar refractivity (Wildman–Crippen MR) is 80.9 cm³/mol. The Morgan fingerprint density at radius 1 is 1.05 bits per heavy atom. The van der Waals surface area contributed by atoms with E-state index in [2.05, 4.69) is 42.2 Å². The molecule has 1 saturated heterocycles. The molecule has 3 heteroatoms. The molecule has 2 aromatic rings. The van der Waals surface area contributed by atoms with E-state index in [-0.39, 0.29) is 0 Å². The van der Waals surface area contributed by atoms with Crippen molar-refractivity contribution in [1.82, 2.24) is 9.97 Å². The Balaban J connectivity index is 1.86. The van der Waals surface area contributed by atoms with Crippen molar-refractivity contribution >= 4 is 5.95 Å². The van der Waals surface area contributed by atoms with Crippen LogP contribution in [0.5, 0.6) is 0 Å². The fraction of sp³-hybridized carbons (Fsp3) is 0.412. The summed E-state index contributed by atoms with van der Waals surface area (Å²) >= 11 is 0. The highest BCUT2D eigenvalue weighted by molar-refractivity contribution is 5.66. The van der Waals surface area contributed by atoms with Crippen LogP contribution in [-0.2, 0) is 12.8 Å². The van der Waals surface area contributed by atoms with Gasteiger partial charge in [0.1, 0.15) is 0 Å². The molecule has 4 rings (SSSR count). The first kappa shape index (κ1) is 11.9. The molecule has 1 fully saturated rings. The van der Waals surface area contributed by atoms with Gasteiger partial charge in [0.05, 0.1) is 11.4 Å². The lowest BCUT2D eigenvalue weighted by atomic mass is 10.0. The lowest BCUT2D eigenvalue weighted by Gasteiger charge is -2.31. The van der Waals surface area contributed by atoms with Gasteiger partial charge in [-0.2, -0.15) is 0 Å². The van der Waals surface area contributed by atoms with Gasteiger partial charge >= 0.3 is 0 Å². The van der Waals surface area contributed by atoms with Crippen LogP contribution in [0.25, 0.3) is 11.3 Å². The molecule has 1 atom stereocenters. The first-order valence-corrected chi connectivity index (χ1v) is 7.51. The van der Waals surface area contributed by atoms with Crippen molar-refractivity contribution in [2.75, 3.05) is 18.0 Å². The maximum absolute atomic E-state index is 4.89. The van der Waals surface area contributed by atoms with Gasteiger partial charge in [-0.15, -0.1) is 0 Å². The van der Waals surface area contributed by atoms with Crippen LogP contribution in [-0.4, -0.2) is 23.1 Å². The van der Waals surface area contributed by atoms with Gasteiger partial charge in [-0.05, 0) is 25.2 Å². The fourth-order valence-corrected chi connectivity index (χ4v) is 3.14. The maximum atomic E-state index is 4.89. The Bertz CT molecular complexity index is 632. The Morgan fingerprint density at radius 2 is 1.85 bits per heavy atom. The number of aromatic nitrogens is 2. The quantitative estimate of drug-likeness (QED) is 0.835. The van der Waals surface area contributed by atoms with E-state index in [1.54, 1.807) is 0 Å². The average Bonchev–Trinajstić information content (AvgIpc) is 2.77. The van der Waals surface area contributed by atoms with Crippen molar-refractivity contribution < 1.29 is 0 Å². The summed E-state index contributed by atoms with van der Waals surface area (Å²) in [6.45, 7) is 4.50. The molecule has 1 aliphatic heterocycles. The largest absolute Gasteiger partial charge is 0.341 e. The van der Waals surface area contributed by atoms with E-state index in [1.165, 1.54) is 23.2 Å². The summed E-state index contributed by atoms with van der Waals surface area (Å²) < 4.78 is 0. The van der Waals surface area contributed by atoms with Gasteiger partial charge in [-0.3, -0.25) is 0 Å². The summed E-state index contributed by atoms with van der Waals surface area (Å²) in [7, 11) is 0. The second kappa shape index (κ2) is 4.58. The number of fused-ring (bicyclic) bond motifs is 1. The van der Waals surface area contributed by atoms with E-state index >= 15 is 0 Å². The Morgan fingerprint density at radius 3 is 2.55 bits per heavy atom. The van der Waals surface area contributed by atoms with Gasteiger partial charge in [0, 0.05) is 24.2 Å². The van der Waals surface area contributed by atoms with Crippen molar-refractivity contribution in [3.63, 3.8) is 0 Å². The summed E-state index contributed by atoms with van der Waals surface area (Å²) in [5.74, 6) is 1.62. The number of nitrogens with zero attached hydrogens (tertiary/aromatic N) is 3. The second-order valence-electron chi connectivity index (χ2n) is 6.02. The molecule has 0 amide bonds. The maximum Gasteiger partial charge on any atom is 0.226 e. The fourth-order valence-electron chi connectivity index (χ4n) is 3.14. The van der Waals surface area contributed by atoms with Crippen LogP contribution in [0.3, 0.4) is 0 Å². The SMILES string of the molecule is CC1Cc2nc(N3CCC3)nc(-c3ccccc3)c2C1. The third kappa shape index (κ3) is 1.89. The van der Waals surface area contributed by atoms with Crippen LogP contribution in [0, 0.1) is 5.92 Å². The normalized spacial score (nSPS) is 20.6. The first-order chi connectivity index (χ1) is 9.81. The zero-order chi connectivity index (χ0) is 13.5. The Hall–Kier alpha value is -1.90. The molecular weight excluding hydrogens is 246 g/mol. The highest BCUT2D eigenvalue weighted by atomic mass is 15.3. The van der Waals surface area contributed by atoms with Crippen molar-refractivity contribution in [2.24, 2.45) is 5.92 Å². The van der Waals surface area contributed by atoms with E-state index in [4.69, 9.17) is 9.97 Å². The van der Waals surface area contributed by atoms with Crippen LogP contribution < -0.4 is 4.90 Å². The molecule has 1 aliphatic carbocycles.